The second-order valence-electron chi connectivity index (χ2n) is 0.283. The summed E-state index contributed by atoms with van der Waals surface area (Å²) in [6.45, 7) is 0. The Morgan fingerprint density at radius 3 is 1.33 bits per heavy atom. The van der Waals surface area contributed by atoms with Crippen LogP contribution < -0.4 is 0 Å². The molecular formula is CH5AlO3Zr. The van der Waals surface area contributed by atoms with Crippen molar-refractivity contribution in [3.63, 3.8) is 0 Å². The standard InChI is InChI=1S/CH2O3.Al.Zr.3H/c2-1(3)4;;;;;/h(H2,2,3,4);;;;;. The van der Waals surface area contributed by atoms with Gasteiger partial charge in [-0.2, -0.15) is 0 Å². The van der Waals surface area contributed by atoms with Crippen molar-refractivity contribution in [2.24, 2.45) is 0 Å². The average molecular weight is 183 g/mol. The Morgan fingerprint density at radius 2 is 1.33 bits per heavy atom. The zero-order valence-corrected chi connectivity index (χ0v) is 4.76. The van der Waals surface area contributed by atoms with Gasteiger partial charge in [0.1, 0.15) is 0 Å². The van der Waals surface area contributed by atoms with Crippen LogP contribution in [0.4, 0.5) is 4.79 Å². The maximum Gasteiger partial charge on any atom is 0.503 e. The SMILES string of the molecule is O=C(O)O.[AlH3].[Zr]. The van der Waals surface area contributed by atoms with Gasteiger partial charge in [0.2, 0.25) is 0 Å². The van der Waals surface area contributed by atoms with Crippen LogP contribution in [0.1, 0.15) is 0 Å². The zero-order chi connectivity index (χ0) is 3.58. The Hall–Kier alpha value is 0.686. The van der Waals surface area contributed by atoms with E-state index in [1.54, 1.807) is 0 Å². The molecule has 0 fully saturated rings. The minimum atomic E-state index is -1.83. The van der Waals surface area contributed by atoms with Gasteiger partial charge in [-0.25, -0.2) is 4.79 Å². The van der Waals surface area contributed by atoms with E-state index in [0.29, 0.717) is 0 Å². The molecule has 0 bridgehead atoms. The first-order valence-corrected chi connectivity index (χ1v) is 0.651. The third kappa shape index (κ3) is 135. The van der Waals surface area contributed by atoms with Crippen LogP contribution in [0.15, 0.2) is 0 Å². The smallest absolute Gasteiger partial charge is 0.450 e. The fourth-order valence-corrected chi connectivity index (χ4v) is 0. The molecule has 0 aliphatic heterocycles. The van der Waals surface area contributed by atoms with Crippen molar-refractivity contribution >= 4 is 23.5 Å². The molecule has 0 unspecified atom stereocenters. The monoisotopic (exact) mass is 182 g/mol. The van der Waals surface area contributed by atoms with Crippen LogP contribution >= 0.6 is 0 Å². The topological polar surface area (TPSA) is 57.5 Å². The molecule has 34 valence electrons. The van der Waals surface area contributed by atoms with E-state index < -0.39 is 6.16 Å². The molecule has 0 spiro atoms. The number of carbonyl (C=O) groups is 1. The summed E-state index contributed by atoms with van der Waals surface area (Å²) < 4.78 is 0. The predicted octanol–water partition coefficient (Wildman–Crippen LogP) is -0.964. The molecule has 0 aromatic heterocycles. The van der Waals surface area contributed by atoms with E-state index in [4.69, 9.17) is 15.0 Å². The number of hydrogen-bond donors (Lipinski definition) is 2. The second-order valence-corrected chi connectivity index (χ2v) is 0.283. The first kappa shape index (κ1) is 15.9. The largest absolute Gasteiger partial charge is 0.503 e. The third-order valence-corrected chi connectivity index (χ3v) is 0. The molecule has 5 heteroatoms. The van der Waals surface area contributed by atoms with Gasteiger partial charge in [0.15, 0.2) is 17.4 Å². The molecule has 0 radical (unpaired) electrons. The van der Waals surface area contributed by atoms with Gasteiger partial charge in [0, 0.05) is 26.2 Å². The van der Waals surface area contributed by atoms with E-state index in [-0.39, 0.29) is 43.6 Å². The molecule has 0 rings (SSSR count). The number of carboxylic acid groups (broad SMARTS) is 2. The van der Waals surface area contributed by atoms with Crippen molar-refractivity contribution < 1.29 is 41.2 Å². The Labute approximate surface area is 64.6 Å². The van der Waals surface area contributed by atoms with Gasteiger partial charge in [-0.3, -0.25) is 0 Å². The maximum absolute atomic E-state index is 8.56. The Kier molecular flexibility index (Phi) is 24.4. The van der Waals surface area contributed by atoms with Crippen molar-refractivity contribution in [1.29, 1.82) is 0 Å². The summed E-state index contributed by atoms with van der Waals surface area (Å²) in [5.41, 5.74) is 0. The van der Waals surface area contributed by atoms with E-state index in [0.717, 1.165) is 0 Å². The predicted molar refractivity (Wildman–Crippen MR) is 20.6 cm³/mol. The summed E-state index contributed by atoms with van der Waals surface area (Å²) in [5.74, 6) is 0. The molecule has 0 aliphatic rings. The van der Waals surface area contributed by atoms with Gasteiger partial charge in [0.25, 0.3) is 0 Å². The summed E-state index contributed by atoms with van der Waals surface area (Å²) in [5, 5.41) is 13.9. The third-order valence-electron chi connectivity index (χ3n) is 0. The van der Waals surface area contributed by atoms with Crippen LogP contribution in [-0.2, 0) is 26.2 Å². The van der Waals surface area contributed by atoms with Gasteiger partial charge >= 0.3 is 6.16 Å². The summed E-state index contributed by atoms with van der Waals surface area (Å²) in [7, 11) is 0. The Bertz CT molecular complexity index is 33.8. The van der Waals surface area contributed by atoms with E-state index >= 15 is 0 Å². The molecule has 0 amide bonds. The molecule has 3 nitrogen and oxygen atoms in total. The normalized spacial score (nSPS) is 4.00. The maximum atomic E-state index is 8.56. The molecule has 2 N–H and O–H groups in total. The van der Waals surface area contributed by atoms with Crippen molar-refractivity contribution in [2.45, 2.75) is 0 Å². The quantitative estimate of drug-likeness (QED) is 0.475. The first-order valence-electron chi connectivity index (χ1n) is 0.651. The first-order chi connectivity index (χ1) is 1.73. The summed E-state index contributed by atoms with van der Waals surface area (Å²) >= 11 is 0. The fourth-order valence-electron chi connectivity index (χ4n) is 0. The van der Waals surface area contributed by atoms with Crippen molar-refractivity contribution in [3.8, 4) is 0 Å². The molecular weight excluding hydrogens is 178 g/mol. The Morgan fingerprint density at radius 1 is 1.33 bits per heavy atom. The van der Waals surface area contributed by atoms with Crippen LogP contribution in [0.3, 0.4) is 0 Å². The summed E-state index contributed by atoms with van der Waals surface area (Å²) in [6, 6.07) is 0. The molecule has 0 atom stereocenters. The van der Waals surface area contributed by atoms with E-state index in [2.05, 4.69) is 0 Å². The molecule has 6 heavy (non-hydrogen) atoms. The van der Waals surface area contributed by atoms with Crippen LogP contribution in [0.5, 0.6) is 0 Å². The van der Waals surface area contributed by atoms with Crippen molar-refractivity contribution in [2.75, 3.05) is 0 Å². The Balaban J connectivity index is -0.0000000450. The molecule has 0 saturated heterocycles. The minimum Gasteiger partial charge on any atom is -0.450 e. The molecule has 0 heterocycles. The second kappa shape index (κ2) is 9.19. The molecule has 0 aromatic rings. The van der Waals surface area contributed by atoms with Gasteiger partial charge in [-0.15, -0.1) is 0 Å². The van der Waals surface area contributed by atoms with Gasteiger partial charge < -0.3 is 10.2 Å². The minimum absolute atomic E-state index is 0. The van der Waals surface area contributed by atoms with Crippen molar-refractivity contribution in [3.05, 3.63) is 0 Å². The number of rotatable bonds is 0. The van der Waals surface area contributed by atoms with Crippen LogP contribution in [0, 0.1) is 0 Å². The molecule has 0 aliphatic carbocycles. The average Bonchev–Trinajstić information content (AvgIpc) is 0.811. The summed E-state index contributed by atoms with van der Waals surface area (Å²) in [4.78, 5) is 8.56. The van der Waals surface area contributed by atoms with E-state index in [1.807, 2.05) is 0 Å². The van der Waals surface area contributed by atoms with Gasteiger partial charge in [-0.1, -0.05) is 0 Å². The summed E-state index contributed by atoms with van der Waals surface area (Å²) in [6.07, 6.45) is -1.83. The van der Waals surface area contributed by atoms with Gasteiger partial charge in [0.05, 0.1) is 0 Å². The van der Waals surface area contributed by atoms with Crippen LogP contribution in [0.2, 0.25) is 0 Å². The van der Waals surface area contributed by atoms with Crippen molar-refractivity contribution in [1.82, 2.24) is 0 Å². The van der Waals surface area contributed by atoms with Crippen LogP contribution in [0.25, 0.3) is 0 Å². The molecule has 0 aromatic carbocycles. The van der Waals surface area contributed by atoms with E-state index in [1.165, 1.54) is 0 Å². The number of hydrogen-bond acceptors (Lipinski definition) is 1. The van der Waals surface area contributed by atoms with E-state index in [9.17, 15) is 0 Å². The molecule has 0 saturated carbocycles. The van der Waals surface area contributed by atoms with Gasteiger partial charge in [-0.05, 0) is 0 Å². The van der Waals surface area contributed by atoms with Crippen LogP contribution in [-0.4, -0.2) is 33.7 Å². The fraction of sp³-hybridized carbons (Fsp3) is 0. The zero-order valence-electron chi connectivity index (χ0n) is 2.30.